The molecule has 0 saturated carbocycles. The van der Waals surface area contributed by atoms with Gasteiger partial charge in [-0.1, -0.05) is 19.1 Å². The van der Waals surface area contributed by atoms with Crippen LogP contribution in [0.25, 0.3) is 56.0 Å². The number of benzene rings is 2. The van der Waals surface area contributed by atoms with Crippen LogP contribution >= 0.6 is 0 Å². The SMILES string of the molecule is CCCC(=O)Nc1cncc(-c2ccc3[nH]nc(-c4nc5c(-c6cc(F)cc(C(N)S(C)(=O)=O)c6)cccc5[nH]4)c3n2)c1. The van der Waals surface area contributed by atoms with Gasteiger partial charge in [-0.05, 0) is 60.0 Å². The lowest BCUT2D eigenvalue weighted by Gasteiger charge is -2.12. The molecule has 5 N–H and O–H groups in total. The Morgan fingerprint density at radius 2 is 1.86 bits per heavy atom. The second-order valence-corrected chi connectivity index (χ2v) is 12.4. The number of nitrogens with two attached hydrogens (primary N) is 1. The van der Waals surface area contributed by atoms with Gasteiger partial charge in [0, 0.05) is 30.0 Å². The maximum Gasteiger partial charge on any atom is 0.224 e. The largest absolute Gasteiger partial charge is 0.336 e. The maximum absolute atomic E-state index is 14.6. The molecular weight excluding hydrogens is 571 g/mol. The number of hydrogen-bond acceptors (Lipinski definition) is 8. The van der Waals surface area contributed by atoms with Gasteiger partial charge in [-0.3, -0.25) is 14.9 Å². The van der Waals surface area contributed by atoms with E-state index in [0.29, 0.717) is 68.1 Å². The van der Waals surface area contributed by atoms with Crippen molar-refractivity contribution in [3.05, 3.63) is 78.4 Å². The molecule has 0 bridgehead atoms. The topological polar surface area (TPSA) is 172 Å². The van der Waals surface area contributed by atoms with E-state index in [9.17, 15) is 17.6 Å². The molecule has 11 nitrogen and oxygen atoms in total. The number of imidazole rings is 1. The number of nitrogens with zero attached hydrogens (tertiary/aromatic N) is 4. The zero-order chi connectivity index (χ0) is 30.3. The number of carbonyl (C=O) groups excluding carboxylic acids is 1. The van der Waals surface area contributed by atoms with Crippen molar-refractivity contribution in [1.82, 2.24) is 30.1 Å². The van der Waals surface area contributed by atoms with E-state index in [4.69, 9.17) is 15.7 Å². The minimum atomic E-state index is -3.65. The number of H-pyrrole nitrogens is 2. The number of fused-ring (bicyclic) bond motifs is 2. The smallest absolute Gasteiger partial charge is 0.224 e. The third-order valence-electron chi connectivity index (χ3n) is 6.96. The Bertz CT molecular complexity index is 2120. The van der Waals surface area contributed by atoms with Crippen LogP contribution in [0.2, 0.25) is 0 Å². The molecule has 0 aliphatic carbocycles. The molecule has 43 heavy (non-hydrogen) atoms. The summed E-state index contributed by atoms with van der Waals surface area (Å²) in [5.41, 5.74) is 11.9. The summed E-state index contributed by atoms with van der Waals surface area (Å²) in [6, 6.07) is 14.9. The van der Waals surface area contributed by atoms with Crippen molar-refractivity contribution in [2.45, 2.75) is 25.1 Å². The van der Waals surface area contributed by atoms with Crippen LogP contribution in [-0.4, -0.2) is 50.7 Å². The number of aromatic amines is 2. The number of rotatable bonds is 8. The summed E-state index contributed by atoms with van der Waals surface area (Å²) in [5.74, 6) is -0.265. The van der Waals surface area contributed by atoms with E-state index in [1.54, 1.807) is 30.6 Å². The number of sulfone groups is 1. The van der Waals surface area contributed by atoms with Crippen LogP contribution < -0.4 is 11.1 Å². The summed E-state index contributed by atoms with van der Waals surface area (Å²) >= 11 is 0. The second-order valence-electron chi connectivity index (χ2n) is 10.2. The van der Waals surface area contributed by atoms with Gasteiger partial charge in [0.05, 0.1) is 34.1 Å². The van der Waals surface area contributed by atoms with Crippen LogP contribution in [0.3, 0.4) is 0 Å². The fourth-order valence-corrected chi connectivity index (χ4v) is 5.51. The molecule has 1 atom stereocenters. The average Bonchev–Trinajstić information content (AvgIpc) is 3.60. The molecule has 13 heteroatoms. The van der Waals surface area contributed by atoms with Crippen LogP contribution in [0, 0.1) is 5.82 Å². The highest BCUT2D eigenvalue weighted by Gasteiger charge is 2.21. The van der Waals surface area contributed by atoms with Gasteiger partial charge in [0.1, 0.15) is 16.7 Å². The predicted octanol–water partition coefficient (Wildman–Crippen LogP) is 5.11. The normalized spacial score (nSPS) is 12.6. The summed E-state index contributed by atoms with van der Waals surface area (Å²) in [6.07, 6.45) is 5.42. The average molecular weight is 599 g/mol. The highest BCUT2D eigenvalue weighted by molar-refractivity contribution is 7.90. The molecule has 4 heterocycles. The summed E-state index contributed by atoms with van der Waals surface area (Å²) in [6.45, 7) is 1.94. The number of anilines is 1. The molecule has 218 valence electrons. The van der Waals surface area contributed by atoms with E-state index in [2.05, 4.69) is 25.5 Å². The molecule has 0 radical (unpaired) electrons. The number of hydrogen-bond donors (Lipinski definition) is 4. The van der Waals surface area contributed by atoms with Crippen molar-refractivity contribution >= 4 is 43.5 Å². The Morgan fingerprint density at radius 1 is 1.02 bits per heavy atom. The van der Waals surface area contributed by atoms with E-state index in [1.165, 1.54) is 6.07 Å². The molecule has 0 saturated heterocycles. The minimum Gasteiger partial charge on any atom is -0.336 e. The Balaban J connectivity index is 1.40. The van der Waals surface area contributed by atoms with E-state index in [-0.39, 0.29) is 11.5 Å². The first-order valence-corrected chi connectivity index (χ1v) is 15.4. The van der Waals surface area contributed by atoms with Gasteiger partial charge in [0.25, 0.3) is 0 Å². The lowest BCUT2D eigenvalue weighted by molar-refractivity contribution is -0.116. The minimum absolute atomic E-state index is 0.0843. The van der Waals surface area contributed by atoms with E-state index < -0.39 is 21.0 Å². The van der Waals surface area contributed by atoms with Crippen LogP contribution in [0.15, 0.2) is 67.0 Å². The Hall–Kier alpha value is -5.01. The molecular formula is C30H27FN8O3S. The third kappa shape index (κ3) is 5.59. The van der Waals surface area contributed by atoms with Crippen LogP contribution in [0.4, 0.5) is 10.1 Å². The number of halogens is 1. The number of carbonyl (C=O) groups is 1. The number of para-hydroxylation sites is 1. The summed E-state index contributed by atoms with van der Waals surface area (Å²) < 4.78 is 38.7. The summed E-state index contributed by atoms with van der Waals surface area (Å²) in [5, 5.41) is 8.93. The van der Waals surface area contributed by atoms with Crippen molar-refractivity contribution in [3.63, 3.8) is 0 Å². The maximum atomic E-state index is 14.6. The van der Waals surface area contributed by atoms with Crippen LogP contribution in [-0.2, 0) is 14.6 Å². The van der Waals surface area contributed by atoms with Gasteiger partial charge in [-0.15, -0.1) is 0 Å². The fourth-order valence-electron chi connectivity index (χ4n) is 4.88. The highest BCUT2D eigenvalue weighted by Crippen LogP contribution is 2.33. The second kappa shape index (κ2) is 11.0. The molecule has 1 amide bonds. The zero-order valence-corrected chi connectivity index (χ0v) is 24.0. The van der Waals surface area contributed by atoms with Gasteiger partial charge in [-0.25, -0.2) is 22.8 Å². The molecule has 0 spiro atoms. The first-order valence-electron chi connectivity index (χ1n) is 13.5. The van der Waals surface area contributed by atoms with Crippen LogP contribution in [0.1, 0.15) is 30.7 Å². The predicted molar refractivity (Wildman–Crippen MR) is 163 cm³/mol. The molecule has 0 fully saturated rings. The fraction of sp³-hybridized carbons (Fsp3) is 0.167. The van der Waals surface area contributed by atoms with Crippen molar-refractivity contribution in [2.24, 2.45) is 5.73 Å². The number of amides is 1. The number of nitrogens with one attached hydrogen (secondary N) is 3. The number of aromatic nitrogens is 6. The third-order valence-corrected chi connectivity index (χ3v) is 8.16. The van der Waals surface area contributed by atoms with Crippen molar-refractivity contribution in [3.8, 4) is 33.9 Å². The molecule has 1 unspecified atom stereocenters. The molecule has 6 aromatic rings. The van der Waals surface area contributed by atoms with Gasteiger partial charge in [0.15, 0.2) is 21.4 Å². The van der Waals surface area contributed by atoms with Crippen molar-refractivity contribution in [2.75, 3.05) is 11.6 Å². The molecule has 0 aliphatic heterocycles. The number of pyridine rings is 2. The molecule has 2 aromatic carbocycles. The molecule has 6 rings (SSSR count). The van der Waals surface area contributed by atoms with Gasteiger partial charge in [0.2, 0.25) is 5.91 Å². The van der Waals surface area contributed by atoms with Crippen molar-refractivity contribution in [1.29, 1.82) is 0 Å². The quantitative estimate of drug-likeness (QED) is 0.187. The van der Waals surface area contributed by atoms with Gasteiger partial charge < -0.3 is 16.0 Å². The Morgan fingerprint density at radius 3 is 2.65 bits per heavy atom. The lowest BCUT2D eigenvalue weighted by atomic mass is 10.0. The Kier molecular flexibility index (Phi) is 7.20. The zero-order valence-electron chi connectivity index (χ0n) is 23.2. The highest BCUT2D eigenvalue weighted by atomic mass is 32.2. The monoisotopic (exact) mass is 598 g/mol. The standard InChI is InChI=1S/C30H27FN8O3S/c1-3-5-25(40)34-20-13-18(14-33-15-20)22-8-9-24-27(35-22)28(39-38-24)30-36-23-7-4-6-21(26(23)37-30)16-10-17(12-19(31)11-16)29(32)43(2,41)42/h4,6-15,29H,3,5,32H2,1-2H3,(H,34,40)(H,36,37)(H,38,39). The van der Waals surface area contributed by atoms with E-state index >= 15 is 0 Å². The lowest BCUT2D eigenvalue weighted by Crippen LogP contribution is -2.20. The first kappa shape index (κ1) is 28.1. The molecule has 4 aromatic heterocycles. The first-order chi connectivity index (χ1) is 20.6. The van der Waals surface area contributed by atoms with Gasteiger partial charge >= 0.3 is 0 Å². The van der Waals surface area contributed by atoms with Crippen LogP contribution in [0.5, 0.6) is 0 Å². The van der Waals surface area contributed by atoms with Crippen molar-refractivity contribution < 1.29 is 17.6 Å². The molecule has 0 aliphatic rings. The summed E-state index contributed by atoms with van der Waals surface area (Å²) in [4.78, 5) is 29.2. The van der Waals surface area contributed by atoms with Gasteiger partial charge in [-0.2, -0.15) is 5.10 Å². The Labute approximate surface area is 245 Å². The van der Waals surface area contributed by atoms with E-state index in [1.807, 2.05) is 31.2 Å². The summed E-state index contributed by atoms with van der Waals surface area (Å²) in [7, 11) is -3.65. The van der Waals surface area contributed by atoms with E-state index in [0.717, 1.165) is 18.7 Å².